The highest BCUT2D eigenvalue weighted by Crippen LogP contribution is 2.27. The number of hydrogen-bond acceptors (Lipinski definition) is 2. The van der Waals surface area contributed by atoms with Crippen LogP contribution in [-0.2, 0) is 4.79 Å². The number of carboxylic acid groups (broad SMARTS) is 1. The second-order valence-electron chi connectivity index (χ2n) is 4.74. The van der Waals surface area contributed by atoms with Crippen LogP contribution in [-0.4, -0.2) is 23.0 Å². The van der Waals surface area contributed by atoms with Gasteiger partial charge in [0.2, 0.25) is 0 Å². The molecular formula is C13H14Cl2INO3. The Morgan fingerprint density at radius 2 is 1.95 bits per heavy atom. The van der Waals surface area contributed by atoms with Crippen molar-refractivity contribution in [2.24, 2.45) is 5.92 Å². The number of nitrogens with one attached hydrogen (secondary N) is 1. The van der Waals surface area contributed by atoms with E-state index in [2.05, 4.69) is 5.32 Å². The summed E-state index contributed by atoms with van der Waals surface area (Å²) < 4.78 is 0.542. The number of hydrogen-bond donors (Lipinski definition) is 2. The summed E-state index contributed by atoms with van der Waals surface area (Å²) in [7, 11) is 0. The quantitative estimate of drug-likeness (QED) is 0.552. The van der Waals surface area contributed by atoms with E-state index in [1.807, 2.05) is 36.4 Å². The minimum absolute atomic E-state index is 0.151. The molecule has 0 saturated carbocycles. The number of aliphatic carboxylic acids is 1. The maximum absolute atomic E-state index is 12.2. The number of rotatable bonds is 5. The minimum Gasteiger partial charge on any atom is -0.480 e. The molecule has 0 spiro atoms. The zero-order chi connectivity index (χ0) is 15.4. The van der Waals surface area contributed by atoms with Crippen LogP contribution in [0.3, 0.4) is 0 Å². The first-order valence-corrected chi connectivity index (χ1v) is 7.74. The molecular weight excluding hydrogens is 416 g/mol. The number of benzene rings is 1. The predicted molar refractivity (Wildman–Crippen MR) is 87.5 cm³/mol. The van der Waals surface area contributed by atoms with Gasteiger partial charge in [0.25, 0.3) is 5.91 Å². The Labute approximate surface area is 141 Å². The monoisotopic (exact) mass is 429 g/mol. The van der Waals surface area contributed by atoms with Crippen molar-refractivity contribution in [3.05, 3.63) is 31.3 Å². The largest absolute Gasteiger partial charge is 0.480 e. The lowest BCUT2D eigenvalue weighted by Crippen LogP contribution is -2.41. The maximum Gasteiger partial charge on any atom is 0.326 e. The van der Waals surface area contributed by atoms with Gasteiger partial charge in [0.15, 0.2) is 0 Å². The van der Waals surface area contributed by atoms with E-state index in [0.29, 0.717) is 20.0 Å². The Bertz CT molecular complexity index is 535. The van der Waals surface area contributed by atoms with Crippen LogP contribution >= 0.6 is 45.8 Å². The Morgan fingerprint density at radius 3 is 2.45 bits per heavy atom. The van der Waals surface area contributed by atoms with Crippen LogP contribution in [0.15, 0.2) is 12.1 Å². The fraction of sp³-hybridized carbons (Fsp3) is 0.385. The van der Waals surface area contributed by atoms with Crippen LogP contribution in [0.5, 0.6) is 0 Å². The van der Waals surface area contributed by atoms with Crippen molar-refractivity contribution < 1.29 is 14.7 Å². The van der Waals surface area contributed by atoms with Crippen molar-refractivity contribution in [1.82, 2.24) is 5.32 Å². The molecule has 0 aliphatic heterocycles. The third-order valence-corrected chi connectivity index (χ3v) is 4.55. The van der Waals surface area contributed by atoms with Crippen LogP contribution in [0.2, 0.25) is 10.0 Å². The molecule has 4 nitrogen and oxygen atoms in total. The van der Waals surface area contributed by atoms with Gasteiger partial charge in [-0.1, -0.05) is 37.0 Å². The van der Waals surface area contributed by atoms with Crippen LogP contribution in [0.25, 0.3) is 0 Å². The molecule has 110 valence electrons. The first-order chi connectivity index (χ1) is 9.22. The van der Waals surface area contributed by atoms with Crippen LogP contribution in [0.4, 0.5) is 0 Å². The van der Waals surface area contributed by atoms with Crippen LogP contribution in [0.1, 0.15) is 30.6 Å². The highest BCUT2D eigenvalue weighted by atomic mass is 127. The van der Waals surface area contributed by atoms with E-state index in [-0.39, 0.29) is 11.5 Å². The third-order valence-electron chi connectivity index (χ3n) is 2.55. The van der Waals surface area contributed by atoms with Crippen molar-refractivity contribution >= 4 is 57.7 Å². The van der Waals surface area contributed by atoms with Gasteiger partial charge >= 0.3 is 5.97 Å². The molecule has 0 bridgehead atoms. The van der Waals surface area contributed by atoms with Gasteiger partial charge < -0.3 is 10.4 Å². The SMILES string of the molecule is CC(C)C[C@H](NC(=O)c1cc(Cl)cc(Cl)c1I)C(=O)O. The zero-order valence-corrected chi connectivity index (χ0v) is 14.6. The molecule has 1 atom stereocenters. The first kappa shape index (κ1) is 17.5. The minimum atomic E-state index is -1.06. The van der Waals surface area contributed by atoms with E-state index in [1.165, 1.54) is 12.1 Å². The van der Waals surface area contributed by atoms with Gasteiger partial charge in [-0.15, -0.1) is 0 Å². The molecule has 0 aliphatic rings. The molecule has 0 fully saturated rings. The summed E-state index contributed by atoms with van der Waals surface area (Å²) in [6.07, 6.45) is 0.353. The highest BCUT2D eigenvalue weighted by Gasteiger charge is 2.23. The molecule has 1 aromatic carbocycles. The topological polar surface area (TPSA) is 66.4 Å². The fourth-order valence-electron chi connectivity index (χ4n) is 1.65. The average molecular weight is 430 g/mol. The first-order valence-electron chi connectivity index (χ1n) is 5.90. The summed E-state index contributed by atoms with van der Waals surface area (Å²) in [5, 5.41) is 12.3. The molecule has 2 N–H and O–H groups in total. The van der Waals surface area contributed by atoms with E-state index >= 15 is 0 Å². The van der Waals surface area contributed by atoms with Gasteiger partial charge in [-0.3, -0.25) is 4.79 Å². The second-order valence-corrected chi connectivity index (χ2v) is 6.67. The second kappa shape index (κ2) is 7.47. The number of amides is 1. The Hall–Kier alpha value is -0.530. The normalized spacial score (nSPS) is 12.3. The molecule has 0 aliphatic carbocycles. The lowest BCUT2D eigenvalue weighted by atomic mass is 10.0. The lowest BCUT2D eigenvalue weighted by molar-refractivity contribution is -0.139. The van der Waals surface area contributed by atoms with Crippen molar-refractivity contribution in [2.45, 2.75) is 26.3 Å². The van der Waals surface area contributed by atoms with Gasteiger partial charge in [0, 0.05) is 8.59 Å². The number of carboxylic acids is 1. The van der Waals surface area contributed by atoms with Gasteiger partial charge in [0.1, 0.15) is 6.04 Å². The molecule has 1 aromatic rings. The summed E-state index contributed by atoms with van der Waals surface area (Å²) in [6.45, 7) is 3.78. The molecule has 1 rings (SSSR count). The zero-order valence-electron chi connectivity index (χ0n) is 10.9. The summed E-state index contributed by atoms with van der Waals surface area (Å²) in [6, 6.07) is 2.07. The molecule has 20 heavy (non-hydrogen) atoms. The molecule has 0 heterocycles. The average Bonchev–Trinajstić information content (AvgIpc) is 2.32. The predicted octanol–water partition coefficient (Wildman–Crippen LogP) is 3.83. The van der Waals surface area contributed by atoms with Crippen molar-refractivity contribution in [3.63, 3.8) is 0 Å². The number of halogens is 3. The van der Waals surface area contributed by atoms with Crippen molar-refractivity contribution in [3.8, 4) is 0 Å². The highest BCUT2D eigenvalue weighted by molar-refractivity contribution is 14.1. The molecule has 1 amide bonds. The van der Waals surface area contributed by atoms with Crippen LogP contribution in [0, 0.1) is 9.49 Å². The number of carbonyl (C=O) groups is 2. The van der Waals surface area contributed by atoms with Gasteiger partial charge in [-0.2, -0.15) is 0 Å². The van der Waals surface area contributed by atoms with Gasteiger partial charge in [0.05, 0.1) is 10.6 Å². The summed E-state index contributed by atoms with van der Waals surface area (Å²) in [5.41, 5.74) is 0.276. The fourth-order valence-corrected chi connectivity index (χ4v) is 2.70. The molecule has 0 radical (unpaired) electrons. The molecule has 0 saturated heterocycles. The summed E-state index contributed by atoms with van der Waals surface area (Å²) >= 11 is 13.8. The van der Waals surface area contributed by atoms with Crippen molar-refractivity contribution in [1.29, 1.82) is 0 Å². The van der Waals surface area contributed by atoms with E-state index in [4.69, 9.17) is 28.3 Å². The standard InChI is InChI=1S/C13H14Cl2INO3/c1-6(2)3-10(13(19)20)17-12(18)8-4-7(14)5-9(15)11(8)16/h4-6,10H,3H2,1-2H3,(H,17,18)(H,19,20)/t10-/m0/s1. The van der Waals surface area contributed by atoms with E-state index in [1.54, 1.807) is 0 Å². The van der Waals surface area contributed by atoms with E-state index < -0.39 is 17.9 Å². The Morgan fingerprint density at radius 1 is 1.35 bits per heavy atom. The maximum atomic E-state index is 12.2. The third kappa shape index (κ3) is 4.79. The number of carbonyl (C=O) groups excluding carboxylic acids is 1. The smallest absolute Gasteiger partial charge is 0.326 e. The van der Waals surface area contributed by atoms with Crippen LogP contribution < -0.4 is 5.32 Å². The molecule has 0 unspecified atom stereocenters. The summed E-state index contributed by atoms with van der Waals surface area (Å²) in [5.74, 6) is -1.40. The van der Waals surface area contributed by atoms with Gasteiger partial charge in [-0.05, 0) is 47.1 Å². The van der Waals surface area contributed by atoms with E-state index in [0.717, 1.165) is 0 Å². The molecule has 0 aromatic heterocycles. The Kier molecular flexibility index (Phi) is 6.54. The Balaban J connectivity index is 2.97. The molecule has 7 heteroatoms. The van der Waals surface area contributed by atoms with Crippen molar-refractivity contribution in [2.75, 3.05) is 0 Å². The van der Waals surface area contributed by atoms with Gasteiger partial charge in [-0.25, -0.2) is 4.79 Å². The van der Waals surface area contributed by atoms with E-state index in [9.17, 15) is 9.59 Å². The summed E-state index contributed by atoms with van der Waals surface area (Å²) in [4.78, 5) is 23.3. The lowest BCUT2D eigenvalue weighted by Gasteiger charge is -2.17.